The van der Waals surface area contributed by atoms with Crippen LogP contribution in [0.15, 0.2) is 99.0 Å². The van der Waals surface area contributed by atoms with Crippen LogP contribution in [0.1, 0.15) is 26.4 Å². The molecule has 6 nitrogen and oxygen atoms in total. The van der Waals surface area contributed by atoms with Crippen LogP contribution in [-0.4, -0.2) is 23.1 Å². The molecule has 0 saturated heterocycles. The molecule has 10 heteroatoms. The Bertz CT molecular complexity index is 1760. The summed E-state index contributed by atoms with van der Waals surface area (Å²) in [5, 5.41) is 5.01. The molecule has 5 aromatic rings. The molecule has 0 atom stereocenters. The fourth-order valence-corrected chi connectivity index (χ4v) is 5.57. The molecule has 4 aromatic carbocycles. The standard InChI is InChI=1S/C29H17Br2ClFN3O3/c30-18-12-17(27(22(31)13-18)39-29(38)16-6-2-1-3-7-16)15-34-36-28(37)26-25(20-8-4-5-9-23(20)32)21-14-19(33)10-11-24(21)35-26/h1-15,35H,(H,36,37). The average Bonchev–Trinajstić information content (AvgIpc) is 3.29. The minimum atomic E-state index is -0.574. The molecule has 0 bridgehead atoms. The minimum Gasteiger partial charge on any atom is -0.421 e. The fourth-order valence-electron chi connectivity index (χ4n) is 4.00. The Hall–Kier alpha value is -3.79. The van der Waals surface area contributed by atoms with Gasteiger partial charge in [0.25, 0.3) is 5.91 Å². The molecule has 0 aliphatic heterocycles. The number of fused-ring (bicyclic) bond motifs is 1. The number of nitrogens with one attached hydrogen (secondary N) is 2. The number of amides is 1. The van der Waals surface area contributed by atoms with Crippen molar-refractivity contribution in [1.82, 2.24) is 10.4 Å². The molecule has 0 radical (unpaired) electrons. The SMILES string of the molecule is O=C(Oc1c(Br)cc(Br)cc1C=NNC(=O)c1[nH]c2ccc(F)cc2c1-c1ccccc1Cl)c1ccccc1. The third-order valence-corrected chi connectivity index (χ3v) is 7.12. The summed E-state index contributed by atoms with van der Waals surface area (Å²) in [5.41, 5.74) is 5.03. The first-order chi connectivity index (χ1) is 18.8. The number of rotatable bonds is 6. The molecule has 0 unspecified atom stereocenters. The third kappa shape index (κ3) is 5.80. The molecule has 0 saturated carbocycles. The van der Waals surface area contributed by atoms with Gasteiger partial charge in [0.2, 0.25) is 0 Å². The van der Waals surface area contributed by atoms with Gasteiger partial charge in [-0.05, 0) is 64.5 Å². The van der Waals surface area contributed by atoms with Gasteiger partial charge in [-0.3, -0.25) is 4.79 Å². The average molecular weight is 670 g/mol. The number of esters is 1. The number of halogens is 4. The van der Waals surface area contributed by atoms with Crippen molar-refractivity contribution in [2.45, 2.75) is 0 Å². The van der Waals surface area contributed by atoms with Crippen LogP contribution in [0.2, 0.25) is 5.02 Å². The Labute approximate surface area is 244 Å². The number of aromatic nitrogens is 1. The van der Waals surface area contributed by atoms with Gasteiger partial charge in [-0.25, -0.2) is 14.6 Å². The smallest absolute Gasteiger partial charge is 0.343 e. The highest BCUT2D eigenvalue weighted by molar-refractivity contribution is 9.11. The van der Waals surface area contributed by atoms with Crippen molar-refractivity contribution in [3.63, 3.8) is 0 Å². The molecule has 0 spiro atoms. The highest BCUT2D eigenvalue weighted by atomic mass is 79.9. The summed E-state index contributed by atoms with van der Waals surface area (Å²) in [7, 11) is 0. The highest BCUT2D eigenvalue weighted by Gasteiger charge is 2.21. The van der Waals surface area contributed by atoms with Crippen molar-refractivity contribution < 1.29 is 18.7 Å². The van der Waals surface area contributed by atoms with Crippen LogP contribution in [0.25, 0.3) is 22.0 Å². The third-order valence-electron chi connectivity index (χ3n) is 5.74. The van der Waals surface area contributed by atoms with Gasteiger partial charge >= 0.3 is 5.97 Å². The van der Waals surface area contributed by atoms with Gasteiger partial charge in [0.1, 0.15) is 11.5 Å². The molecule has 5 rings (SSSR count). The van der Waals surface area contributed by atoms with Crippen LogP contribution < -0.4 is 10.2 Å². The van der Waals surface area contributed by atoms with E-state index in [9.17, 15) is 14.0 Å². The maximum Gasteiger partial charge on any atom is 0.343 e. The van der Waals surface area contributed by atoms with E-state index in [4.69, 9.17) is 16.3 Å². The normalized spacial score (nSPS) is 11.2. The van der Waals surface area contributed by atoms with Crippen LogP contribution in [0.5, 0.6) is 5.75 Å². The topological polar surface area (TPSA) is 83.5 Å². The first-order valence-corrected chi connectivity index (χ1v) is 13.4. The van der Waals surface area contributed by atoms with Gasteiger partial charge in [0.15, 0.2) is 5.75 Å². The predicted molar refractivity (Wildman–Crippen MR) is 157 cm³/mol. The van der Waals surface area contributed by atoms with Crippen molar-refractivity contribution >= 4 is 72.5 Å². The number of nitrogens with zero attached hydrogens (tertiary/aromatic N) is 1. The lowest BCUT2D eigenvalue weighted by Crippen LogP contribution is -2.19. The lowest BCUT2D eigenvalue weighted by atomic mass is 10.0. The van der Waals surface area contributed by atoms with E-state index in [-0.39, 0.29) is 11.4 Å². The molecule has 1 amide bonds. The van der Waals surface area contributed by atoms with Crippen molar-refractivity contribution in [3.05, 3.63) is 122 Å². The monoisotopic (exact) mass is 667 g/mol. The van der Waals surface area contributed by atoms with Gasteiger partial charge in [-0.2, -0.15) is 5.10 Å². The van der Waals surface area contributed by atoms with E-state index in [0.717, 1.165) is 0 Å². The molecular weight excluding hydrogens is 653 g/mol. The molecule has 1 heterocycles. The number of aromatic amines is 1. The summed E-state index contributed by atoms with van der Waals surface area (Å²) in [6.45, 7) is 0. The second kappa shape index (κ2) is 11.5. The summed E-state index contributed by atoms with van der Waals surface area (Å²) < 4.78 is 21.0. The van der Waals surface area contributed by atoms with Crippen molar-refractivity contribution in [1.29, 1.82) is 0 Å². The lowest BCUT2D eigenvalue weighted by molar-refractivity contribution is 0.0733. The van der Waals surface area contributed by atoms with E-state index < -0.39 is 17.7 Å². The second-order valence-corrected chi connectivity index (χ2v) is 10.5. The van der Waals surface area contributed by atoms with E-state index in [1.807, 2.05) is 0 Å². The predicted octanol–water partition coefficient (Wildman–Crippen LogP) is 8.14. The van der Waals surface area contributed by atoms with Gasteiger partial charge < -0.3 is 9.72 Å². The zero-order chi connectivity index (χ0) is 27.5. The van der Waals surface area contributed by atoms with Crippen LogP contribution in [0.4, 0.5) is 4.39 Å². The first-order valence-electron chi connectivity index (χ1n) is 11.5. The van der Waals surface area contributed by atoms with E-state index in [1.165, 1.54) is 18.3 Å². The number of carbonyl (C=O) groups excluding carboxylic acids is 2. The quantitative estimate of drug-likeness (QED) is 0.0829. The number of ether oxygens (including phenoxy) is 1. The van der Waals surface area contributed by atoms with Crippen molar-refractivity contribution in [3.8, 4) is 16.9 Å². The summed E-state index contributed by atoms with van der Waals surface area (Å²) >= 11 is 13.3. The molecule has 2 N–H and O–H groups in total. The largest absolute Gasteiger partial charge is 0.421 e. The zero-order valence-electron chi connectivity index (χ0n) is 19.8. The lowest BCUT2D eigenvalue weighted by Gasteiger charge is -2.10. The Morgan fingerprint density at radius 3 is 2.49 bits per heavy atom. The van der Waals surface area contributed by atoms with Crippen molar-refractivity contribution in [2.24, 2.45) is 5.10 Å². The number of hydrogen-bond acceptors (Lipinski definition) is 4. The fraction of sp³-hybridized carbons (Fsp3) is 0. The van der Waals surface area contributed by atoms with Gasteiger partial charge in [-0.15, -0.1) is 0 Å². The van der Waals surface area contributed by atoms with Crippen LogP contribution in [-0.2, 0) is 0 Å². The number of benzene rings is 4. The number of H-pyrrole nitrogens is 1. The Morgan fingerprint density at radius 2 is 1.72 bits per heavy atom. The number of carbonyl (C=O) groups is 2. The molecule has 0 aliphatic carbocycles. The Balaban J connectivity index is 1.46. The molecular formula is C29H17Br2ClFN3O3. The van der Waals surface area contributed by atoms with E-state index >= 15 is 0 Å². The molecule has 0 aliphatic rings. The van der Waals surface area contributed by atoms with E-state index in [1.54, 1.807) is 72.8 Å². The van der Waals surface area contributed by atoms with E-state index in [2.05, 4.69) is 47.4 Å². The van der Waals surface area contributed by atoms with E-state index in [0.29, 0.717) is 47.1 Å². The summed E-state index contributed by atoms with van der Waals surface area (Å²) in [5.74, 6) is -1.35. The number of hydrazone groups is 1. The maximum atomic E-state index is 14.1. The molecule has 0 fully saturated rings. The maximum absolute atomic E-state index is 14.1. The summed E-state index contributed by atoms with van der Waals surface area (Å²) in [4.78, 5) is 29.0. The minimum absolute atomic E-state index is 0.159. The molecule has 39 heavy (non-hydrogen) atoms. The Morgan fingerprint density at radius 1 is 0.974 bits per heavy atom. The van der Waals surface area contributed by atoms with Crippen LogP contribution in [0, 0.1) is 5.82 Å². The van der Waals surface area contributed by atoms with Crippen molar-refractivity contribution in [2.75, 3.05) is 0 Å². The van der Waals surface area contributed by atoms with Crippen LogP contribution >= 0.6 is 43.5 Å². The van der Waals surface area contributed by atoms with Gasteiger partial charge in [0, 0.05) is 37.1 Å². The zero-order valence-corrected chi connectivity index (χ0v) is 23.8. The summed E-state index contributed by atoms with van der Waals surface area (Å²) in [6, 6.07) is 23.2. The number of hydrogen-bond donors (Lipinski definition) is 2. The Kier molecular flexibility index (Phi) is 7.92. The van der Waals surface area contributed by atoms with Crippen LogP contribution in [0.3, 0.4) is 0 Å². The molecule has 1 aromatic heterocycles. The first kappa shape index (κ1) is 26.8. The highest BCUT2D eigenvalue weighted by Crippen LogP contribution is 2.37. The second-order valence-electron chi connectivity index (χ2n) is 8.31. The van der Waals surface area contributed by atoms with Gasteiger partial charge in [-0.1, -0.05) is 63.9 Å². The summed E-state index contributed by atoms with van der Waals surface area (Å²) in [6.07, 6.45) is 1.36. The van der Waals surface area contributed by atoms with Gasteiger partial charge in [0.05, 0.1) is 16.3 Å². The molecule has 194 valence electrons.